The van der Waals surface area contributed by atoms with Crippen molar-refractivity contribution in [2.45, 2.75) is 19.9 Å². The maximum Gasteiger partial charge on any atom is 0.276 e. The first kappa shape index (κ1) is 13.5. The van der Waals surface area contributed by atoms with Crippen LogP contribution in [0.15, 0.2) is 47.1 Å². The average molecular weight is 280 g/mol. The van der Waals surface area contributed by atoms with Crippen molar-refractivity contribution in [3.05, 3.63) is 53.7 Å². The predicted octanol–water partition coefficient (Wildman–Crippen LogP) is 2.82. The molecule has 0 unspecified atom stereocenters. The zero-order valence-electron chi connectivity index (χ0n) is 11.8. The summed E-state index contributed by atoms with van der Waals surface area (Å²) in [5, 5.41) is 4.01. The monoisotopic (exact) mass is 280 g/mol. The second-order valence-electron chi connectivity index (χ2n) is 4.73. The van der Waals surface area contributed by atoms with Crippen LogP contribution in [-0.4, -0.2) is 15.1 Å². The molecule has 0 aliphatic heterocycles. The maximum absolute atomic E-state index is 5.55. The molecule has 5 nitrogen and oxygen atoms in total. The Kier molecular flexibility index (Phi) is 3.75. The number of aromatic nitrogens is 3. The summed E-state index contributed by atoms with van der Waals surface area (Å²) in [4.78, 5) is 8.67. The van der Waals surface area contributed by atoms with Crippen molar-refractivity contribution >= 4 is 0 Å². The van der Waals surface area contributed by atoms with Crippen LogP contribution in [0, 0.1) is 0 Å². The Morgan fingerprint density at radius 2 is 1.81 bits per heavy atom. The average Bonchev–Trinajstić information content (AvgIpc) is 3.05. The van der Waals surface area contributed by atoms with Gasteiger partial charge in [-0.2, -0.15) is 4.98 Å². The van der Waals surface area contributed by atoms with Crippen LogP contribution in [0.25, 0.3) is 23.0 Å². The Bertz CT molecular complexity index is 655. The van der Waals surface area contributed by atoms with Crippen molar-refractivity contribution in [2.75, 3.05) is 0 Å². The van der Waals surface area contributed by atoms with Gasteiger partial charge in [0.1, 0.15) is 5.69 Å². The summed E-state index contributed by atoms with van der Waals surface area (Å²) in [5.41, 5.74) is 9.38. The third kappa shape index (κ3) is 2.83. The van der Waals surface area contributed by atoms with Crippen LogP contribution < -0.4 is 5.73 Å². The number of nitrogens with zero attached hydrogens (tertiary/aromatic N) is 3. The van der Waals surface area contributed by atoms with Gasteiger partial charge in [-0.3, -0.25) is 4.98 Å². The third-order valence-corrected chi connectivity index (χ3v) is 3.33. The molecule has 0 radical (unpaired) electrons. The van der Waals surface area contributed by atoms with E-state index >= 15 is 0 Å². The Balaban J connectivity index is 1.87. The zero-order valence-corrected chi connectivity index (χ0v) is 11.8. The van der Waals surface area contributed by atoms with E-state index in [4.69, 9.17) is 10.3 Å². The highest BCUT2D eigenvalue weighted by molar-refractivity contribution is 5.58. The lowest BCUT2D eigenvalue weighted by atomic mass is 10.1. The van der Waals surface area contributed by atoms with E-state index in [-0.39, 0.29) is 0 Å². The summed E-state index contributed by atoms with van der Waals surface area (Å²) in [6, 6.07) is 11.9. The molecule has 21 heavy (non-hydrogen) atoms. The molecule has 0 aliphatic carbocycles. The summed E-state index contributed by atoms with van der Waals surface area (Å²) in [7, 11) is 0. The van der Waals surface area contributed by atoms with Crippen molar-refractivity contribution < 1.29 is 4.52 Å². The fraction of sp³-hybridized carbons (Fsp3) is 0.188. The highest BCUT2D eigenvalue weighted by Crippen LogP contribution is 2.21. The van der Waals surface area contributed by atoms with Crippen molar-refractivity contribution in [3.8, 4) is 23.0 Å². The Morgan fingerprint density at radius 3 is 2.43 bits per heavy atom. The summed E-state index contributed by atoms with van der Waals surface area (Å²) in [6.07, 6.45) is 2.73. The fourth-order valence-corrected chi connectivity index (χ4v) is 2.01. The zero-order chi connectivity index (χ0) is 14.7. The standard InChI is InChI=1S/C16H16N4O/c1-2-11-3-6-13(7-4-11)15-19-16(21-20-15)14-8-5-12(9-17)10-18-14/h3-8,10H,2,9,17H2,1H3. The van der Waals surface area contributed by atoms with Gasteiger partial charge in [0.05, 0.1) is 0 Å². The largest absolute Gasteiger partial charge is 0.332 e. The smallest absolute Gasteiger partial charge is 0.276 e. The van der Waals surface area contributed by atoms with Crippen molar-refractivity contribution in [1.82, 2.24) is 15.1 Å². The Hall–Kier alpha value is -2.53. The topological polar surface area (TPSA) is 77.8 Å². The van der Waals surface area contributed by atoms with E-state index in [1.165, 1.54) is 5.56 Å². The number of aryl methyl sites for hydroxylation is 1. The van der Waals surface area contributed by atoms with Crippen LogP contribution in [0.5, 0.6) is 0 Å². The Morgan fingerprint density at radius 1 is 1.05 bits per heavy atom. The van der Waals surface area contributed by atoms with Gasteiger partial charge in [0, 0.05) is 18.3 Å². The van der Waals surface area contributed by atoms with Crippen molar-refractivity contribution in [1.29, 1.82) is 0 Å². The van der Waals surface area contributed by atoms with E-state index in [0.717, 1.165) is 17.5 Å². The number of hydrogen-bond donors (Lipinski definition) is 1. The molecule has 0 atom stereocenters. The molecule has 5 heteroatoms. The summed E-state index contributed by atoms with van der Waals surface area (Å²) in [5.74, 6) is 0.977. The molecule has 2 N–H and O–H groups in total. The molecule has 3 rings (SSSR count). The highest BCUT2D eigenvalue weighted by atomic mass is 16.5. The number of rotatable bonds is 4. The van der Waals surface area contributed by atoms with Crippen LogP contribution >= 0.6 is 0 Å². The molecular formula is C16H16N4O. The van der Waals surface area contributed by atoms with E-state index in [1.807, 2.05) is 24.3 Å². The summed E-state index contributed by atoms with van der Waals surface area (Å²) < 4.78 is 5.28. The number of pyridine rings is 1. The summed E-state index contributed by atoms with van der Waals surface area (Å²) >= 11 is 0. The van der Waals surface area contributed by atoms with E-state index in [1.54, 1.807) is 6.20 Å². The molecule has 0 bridgehead atoms. The number of hydrogen-bond acceptors (Lipinski definition) is 5. The first-order valence-corrected chi connectivity index (χ1v) is 6.88. The van der Waals surface area contributed by atoms with Crippen LogP contribution in [0.2, 0.25) is 0 Å². The molecule has 0 fully saturated rings. The first-order valence-electron chi connectivity index (χ1n) is 6.88. The molecule has 0 amide bonds. The molecule has 2 aromatic heterocycles. The lowest BCUT2D eigenvalue weighted by Crippen LogP contribution is -1.96. The van der Waals surface area contributed by atoms with Crippen LogP contribution in [0.4, 0.5) is 0 Å². The maximum atomic E-state index is 5.55. The molecular weight excluding hydrogens is 264 g/mol. The summed E-state index contributed by atoms with van der Waals surface area (Å²) in [6.45, 7) is 2.59. The van der Waals surface area contributed by atoms with Gasteiger partial charge in [0.2, 0.25) is 5.82 Å². The van der Waals surface area contributed by atoms with Gasteiger partial charge in [-0.1, -0.05) is 42.4 Å². The fourth-order valence-electron chi connectivity index (χ4n) is 2.01. The van der Waals surface area contributed by atoms with E-state index in [2.05, 4.69) is 34.2 Å². The van der Waals surface area contributed by atoms with Crippen LogP contribution in [0.1, 0.15) is 18.1 Å². The molecule has 0 saturated heterocycles. The second kappa shape index (κ2) is 5.85. The molecule has 1 aromatic carbocycles. The predicted molar refractivity (Wildman–Crippen MR) is 80.2 cm³/mol. The minimum atomic E-state index is 0.410. The molecule has 0 aliphatic rings. The lowest BCUT2D eigenvalue weighted by Gasteiger charge is -1.97. The first-order chi connectivity index (χ1) is 10.3. The van der Waals surface area contributed by atoms with Crippen LogP contribution in [-0.2, 0) is 13.0 Å². The number of nitrogens with two attached hydrogens (primary N) is 1. The quantitative estimate of drug-likeness (QED) is 0.795. The van der Waals surface area contributed by atoms with Gasteiger partial charge in [-0.25, -0.2) is 0 Å². The van der Waals surface area contributed by atoms with Gasteiger partial charge >= 0.3 is 0 Å². The minimum Gasteiger partial charge on any atom is -0.332 e. The van der Waals surface area contributed by atoms with Gasteiger partial charge in [-0.05, 0) is 23.6 Å². The van der Waals surface area contributed by atoms with E-state index < -0.39 is 0 Å². The highest BCUT2D eigenvalue weighted by Gasteiger charge is 2.11. The molecule has 0 spiro atoms. The molecule has 106 valence electrons. The van der Waals surface area contributed by atoms with Crippen molar-refractivity contribution in [2.24, 2.45) is 5.73 Å². The van der Waals surface area contributed by atoms with Crippen molar-refractivity contribution in [3.63, 3.8) is 0 Å². The Labute approximate surface area is 122 Å². The normalized spacial score (nSPS) is 10.8. The van der Waals surface area contributed by atoms with Gasteiger partial charge in [0.25, 0.3) is 5.89 Å². The lowest BCUT2D eigenvalue weighted by molar-refractivity contribution is 0.431. The van der Waals surface area contributed by atoms with E-state index in [9.17, 15) is 0 Å². The number of benzene rings is 1. The van der Waals surface area contributed by atoms with Crippen LogP contribution in [0.3, 0.4) is 0 Å². The second-order valence-corrected chi connectivity index (χ2v) is 4.73. The van der Waals surface area contributed by atoms with E-state index in [0.29, 0.717) is 24.0 Å². The molecule has 3 aromatic rings. The SMILES string of the molecule is CCc1ccc(-c2noc(-c3ccc(CN)cn3)n2)cc1. The third-order valence-electron chi connectivity index (χ3n) is 3.33. The minimum absolute atomic E-state index is 0.410. The molecule has 2 heterocycles. The van der Waals surface area contributed by atoms with Gasteiger partial charge < -0.3 is 10.3 Å². The van der Waals surface area contributed by atoms with Gasteiger partial charge in [-0.15, -0.1) is 0 Å². The molecule has 0 saturated carbocycles. The van der Waals surface area contributed by atoms with Gasteiger partial charge in [0.15, 0.2) is 0 Å².